The molecule has 2 heterocycles. The summed E-state index contributed by atoms with van der Waals surface area (Å²) in [6.07, 6.45) is 7.32. The molecule has 0 aliphatic carbocycles. The zero-order valence-corrected chi connectivity index (χ0v) is 13.3. The van der Waals surface area contributed by atoms with Crippen molar-refractivity contribution in [2.45, 2.75) is 13.1 Å². The summed E-state index contributed by atoms with van der Waals surface area (Å²) in [5, 5.41) is 8.34. The Morgan fingerprint density at radius 3 is 2.74 bits per heavy atom. The van der Waals surface area contributed by atoms with Crippen LogP contribution in [0.1, 0.15) is 21.5 Å². The van der Waals surface area contributed by atoms with Crippen LogP contribution >= 0.6 is 0 Å². The lowest BCUT2D eigenvalue weighted by Gasteiger charge is -2.18. The maximum absolute atomic E-state index is 12.8. The van der Waals surface area contributed by atoms with Crippen LogP contribution in [0.4, 0.5) is 0 Å². The Labute approximate surface area is 135 Å². The number of carbonyl (C=O) groups excluding carboxylic acids is 1. The number of aryl methyl sites for hydroxylation is 1. The van der Waals surface area contributed by atoms with E-state index < -0.39 is 0 Å². The third kappa shape index (κ3) is 3.48. The average molecular weight is 309 g/mol. The van der Waals surface area contributed by atoms with Gasteiger partial charge in [0.2, 0.25) is 0 Å². The Morgan fingerprint density at radius 1 is 1.22 bits per heavy atom. The van der Waals surface area contributed by atoms with Gasteiger partial charge in [0.05, 0.1) is 12.7 Å². The molecule has 0 aliphatic heterocycles. The van der Waals surface area contributed by atoms with Gasteiger partial charge in [0.1, 0.15) is 0 Å². The van der Waals surface area contributed by atoms with Gasteiger partial charge in [0, 0.05) is 50.4 Å². The topological polar surface area (TPSA) is 56.0 Å². The summed E-state index contributed by atoms with van der Waals surface area (Å²) in [6.45, 7) is 1.11. The van der Waals surface area contributed by atoms with Crippen molar-refractivity contribution in [3.05, 3.63) is 71.8 Å². The summed E-state index contributed by atoms with van der Waals surface area (Å²) >= 11 is 0. The van der Waals surface area contributed by atoms with E-state index in [4.69, 9.17) is 0 Å². The van der Waals surface area contributed by atoms with Gasteiger partial charge in [-0.25, -0.2) is 0 Å². The number of rotatable bonds is 5. The third-order valence-electron chi connectivity index (χ3n) is 3.66. The van der Waals surface area contributed by atoms with E-state index in [0.717, 1.165) is 11.1 Å². The van der Waals surface area contributed by atoms with E-state index in [1.807, 2.05) is 54.5 Å². The Hall–Kier alpha value is -2.89. The molecular formula is C17H19N5O. The van der Waals surface area contributed by atoms with Crippen molar-refractivity contribution >= 4 is 5.91 Å². The third-order valence-corrected chi connectivity index (χ3v) is 3.66. The minimum atomic E-state index is -0.00314. The van der Waals surface area contributed by atoms with E-state index in [0.29, 0.717) is 18.7 Å². The molecule has 6 heteroatoms. The zero-order chi connectivity index (χ0) is 16.2. The number of hydrogen-bond donors (Lipinski definition) is 0. The highest BCUT2D eigenvalue weighted by atomic mass is 16.2. The fourth-order valence-corrected chi connectivity index (χ4v) is 2.54. The second-order valence-corrected chi connectivity index (χ2v) is 5.54. The van der Waals surface area contributed by atoms with Gasteiger partial charge in [-0.05, 0) is 17.7 Å². The van der Waals surface area contributed by atoms with Crippen LogP contribution in [0.5, 0.6) is 0 Å². The van der Waals surface area contributed by atoms with E-state index in [9.17, 15) is 4.79 Å². The number of aromatic nitrogens is 4. The first-order valence-electron chi connectivity index (χ1n) is 7.42. The minimum Gasteiger partial charge on any atom is -0.337 e. The molecule has 0 N–H and O–H groups in total. The van der Waals surface area contributed by atoms with E-state index in [1.165, 1.54) is 0 Å². The molecule has 0 saturated carbocycles. The molecular weight excluding hydrogens is 290 g/mol. The molecule has 118 valence electrons. The van der Waals surface area contributed by atoms with E-state index >= 15 is 0 Å². The van der Waals surface area contributed by atoms with Gasteiger partial charge in [0.15, 0.2) is 0 Å². The molecule has 0 bridgehead atoms. The smallest absolute Gasteiger partial charge is 0.254 e. The van der Waals surface area contributed by atoms with Gasteiger partial charge in [-0.3, -0.25) is 14.2 Å². The number of hydrogen-bond acceptors (Lipinski definition) is 3. The van der Waals surface area contributed by atoms with E-state index in [2.05, 4.69) is 10.2 Å². The van der Waals surface area contributed by atoms with Gasteiger partial charge in [0.25, 0.3) is 5.91 Å². The second-order valence-electron chi connectivity index (χ2n) is 5.54. The highest BCUT2D eigenvalue weighted by Gasteiger charge is 2.16. The predicted octanol–water partition coefficient (Wildman–Crippen LogP) is 1.94. The van der Waals surface area contributed by atoms with Gasteiger partial charge < -0.3 is 4.90 Å². The fraction of sp³-hybridized carbons (Fsp3) is 0.235. The Kier molecular flexibility index (Phi) is 4.23. The monoisotopic (exact) mass is 309 g/mol. The van der Waals surface area contributed by atoms with Crippen molar-refractivity contribution < 1.29 is 4.79 Å². The number of benzene rings is 1. The molecule has 0 fully saturated rings. The number of carbonyl (C=O) groups is 1. The maximum atomic E-state index is 12.8. The largest absolute Gasteiger partial charge is 0.337 e. The number of nitrogens with zero attached hydrogens (tertiary/aromatic N) is 5. The van der Waals surface area contributed by atoms with Gasteiger partial charge in [-0.15, -0.1) is 0 Å². The quantitative estimate of drug-likeness (QED) is 0.724. The molecule has 0 spiro atoms. The fourth-order valence-electron chi connectivity index (χ4n) is 2.54. The van der Waals surface area contributed by atoms with Gasteiger partial charge >= 0.3 is 0 Å². The molecule has 1 aromatic carbocycles. The standard InChI is InChI=1S/C17H19N5O/c1-20(11-14-10-19-21(2)12-14)17(23)16-7-4-3-6-15(16)13-22-9-5-8-18-22/h3-10,12H,11,13H2,1-2H3. The van der Waals surface area contributed by atoms with Crippen LogP contribution in [-0.2, 0) is 20.1 Å². The van der Waals surface area contributed by atoms with Crippen molar-refractivity contribution in [2.75, 3.05) is 7.05 Å². The normalized spacial score (nSPS) is 10.7. The Bertz CT molecular complexity index is 791. The van der Waals surface area contributed by atoms with Gasteiger partial charge in [-0.2, -0.15) is 10.2 Å². The first kappa shape index (κ1) is 15.0. The molecule has 3 rings (SSSR count). The molecule has 0 radical (unpaired) electrons. The summed E-state index contributed by atoms with van der Waals surface area (Å²) in [7, 11) is 3.67. The van der Waals surface area contributed by atoms with Crippen LogP contribution in [-0.4, -0.2) is 37.4 Å². The molecule has 3 aromatic rings. The molecule has 2 aromatic heterocycles. The SMILES string of the molecule is CN(Cc1cnn(C)c1)C(=O)c1ccccc1Cn1cccn1. The lowest BCUT2D eigenvalue weighted by atomic mass is 10.1. The van der Waals surface area contributed by atoms with Crippen molar-refractivity contribution in [1.82, 2.24) is 24.5 Å². The van der Waals surface area contributed by atoms with Gasteiger partial charge in [-0.1, -0.05) is 18.2 Å². The summed E-state index contributed by atoms with van der Waals surface area (Å²) in [5.41, 5.74) is 2.67. The maximum Gasteiger partial charge on any atom is 0.254 e. The lowest BCUT2D eigenvalue weighted by molar-refractivity contribution is 0.0784. The van der Waals surface area contributed by atoms with Crippen molar-refractivity contribution in [3.8, 4) is 0 Å². The Morgan fingerprint density at radius 2 is 2.04 bits per heavy atom. The van der Waals surface area contributed by atoms with Crippen LogP contribution in [0.15, 0.2) is 55.1 Å². The number of amides is 1. The van der Waals surface area contributed by atoms with Crippen molar-refractivity contribution in [1.29, 1.82) is 0 Å². The van der Waals surface area contributed by atoms with Crippen LogP contribution in [0, 0.1) is 0 Å². The summed E-state index contributed by atoms with van der Waals surface area (Å²) in [4.78, 5) is 14.5. The highest BCUT2D eigenvalue weighted by Crippen LogP contribution is 2.14. The Balaban J connectivity index is 1.78. The summed E-state index contributed by atoms with van der Waals surface area (Å²) in [6, 6.07) is 9.53. The van der Waals surface area contributed by atoms with Crippen molar-refractivity contribution in [3.63, 3.8) is 0 Å². The zero-order valence-electron chi connectivity index (χ0n) is 13.3. The first-order chi connectivity index (χ1) is 11.1. The van der Waals surface area contributed by atoms with Crippen molar-refractivity contribution in [2.24, 2.45) is 7.05 Å². The first-order valence-corrected chi connectivity index (χ1v) is 7.42. The summed E-state index contributed by atoms with van der Waals surface area (Å²) in [5.74, 6) is -0.00314. The second kappa shape index (κ2) is 6.48. The molecule has 0 unspecified atom stereocenters. The van der Waals surface area contributed by atoms with E-state index in [-0.39, 0.29) is 5.91 Å². The van der Waals surface area contributed by atoms with Crippen LogP contribution in [0.25, 0.3) is 0 Å². The van der Waals surface area contributed by atoms with Crippen LogP contribution in [0.2, 0.25) is 0 Å². The molecule has 0 aliphatic rings. The minimum absolute atomic E-state index is 0.00314. The summed E-state index contributed by atoms with van der Waals surface area (Å²) < 4.78 is 3.55. The predicted molar refractivity (Wildman–Crippen MR) is 86.8 cm³/mol. The van der Waals surface area contributed by atoms with Crippen LogP contribution in [0.3, 0.4) is 0 Å². The molecule has 0 saturated heterocycles. The lowest BCUT2D eigenvalue weighted by Crippen LogP contribution is -2.27. The van der Waals surface area contributed by atoms with Crippen LogP contribution < -0.4 is 0 Å². The molecule has 6 nitrogen and oxygen atoms in total. The molecule has 0 atom stereocenters. The molecule has 1 amide bonds. The average Bonchev–Trinajstić information content (AvgIpc) is 3.19. The highest BCUT2D eigenvalue weighted by molar-refractivity contribution is 5.95. The molecule has 23 heavy (non-hydrogen) atoms. The van der Waals surface area contributed by atoms with E-state index in [1.54, 1.807) is 29.0 Å².